The molecule has 16 heteroatoms. The molecule has 266 valence electrons. The number of thiazole rings is 2. The number of hydrogen-bond donors (Lipinski definition) is 3. The quantitative estimate of drug-likeness (QED) is 0.120. The molecule has 0 aromatic carbocycles. The highest BCUT2D eigenvalue weighted by Gasteiger charge is 2.36. The van der Waals surface area contributed by atoms with Crippen LogP contribution < -0.4 is 10.6 Å². The molecule has 2 aliphatic carbocycles. The van der Waals surface area contributed by atoms with Crippen LogP contribution in [0.25, 0.3) is 21.7 Å². The van der Waals surface area contributed by atoms with E-state index in [0.29, 0.717) is 64.7 Å². The summed E-state index contributed by atoms with van der Waals surface area (Å²) in [4.78, 5) is 37.9. The second-order valence-corrected chi connectivity index (χ2v) is 14.0. The van der Waals surface area contributed by atoms with Crippen LogP contribution in [0.1, 0.15) is 106 Å². The zero-order valence-electron chi connectivity index (χ0n) is 27.1. The van der Waals surface area contributed by atoms with Gasteiger partial charge in [-0.15, -0.1) is 22.7 Å². The topological polar surface area (TPSA) is 139 Å². The third kappa shape index (κ3) is 10.7. The van der Waals surface area contributed by atoms with Crippen LogP contribution in [0, 0.1) is 13.8 Å². The summed E-state index contributed by atoms with van der Waals surface area (Å²) < 4.78 is 53.1. The average Bonchev–Trinajstić information content (AvgIpc) is 3.67. The fourth-order valence-corrected chi connectivity index (χ4v) is 6.80. The summed E-state index contributed by atoms with van der Waals surface area (Å²) in [5.41, 5.74) is 2.51. The van der Waals surface area contributed by atoms with E-state index in [0.717, 1.165) is 11.4 Å². The normalized spacial score (nSPS) is 18.1. The van der Waals surface area contributed by atoms with Crippen molar-refractivity contribution in [1.29, 1.82) is 0 Å². The predicted molar refractivity (Wildman–Crippen MR) is 185 cm³/mol. The van der Waals surface area contributed by atoms with Crippen LogP contribution in [0.2, 0.25) is 0 Å². The minimum absolute atomic E-state index is 0. The number of carbonyl (C=O) groups excluding carboxylic acids is 1. The molecule has 0 spiro atoms. The highest BCUT2D eigenvalue weighted by molar-refractivity contribution is 7.13. The summed E-state index contributed by atoms with van der Waals surface area (Å²) in [5, 5.41) is 21.3. The van der Waals surface area contributed by atoms with Crippen molar-refractivity contribution in [2.24, 2.45) is 0 Å². The number of rotatable bonds is 8. The number of Topliss-reactive ketones (excluding diaryl/α,β-unsaturated/α-hetero) is 1. The smallest absolute Gasteiger partial charge is 0.248 e. The van der Waals surface area contributed by atoms with Gasteiger partial charge in [0.05, 0.1) is 11.8 Å². The number of aromatic nitrogens is 6. The molecule has 2 saturated carbocycles. The number of carbonyl (C=O) groups is 1. The summed E-state index contributed by atoms with van der Waals surface area (Å²) in [6.07, 6.45) is 0.302. The number of anilines is 2. The van der Waals surface area contributed by atoms with Crippen molar-refractivity contribution < 1.29 is 27.5 Å². The van der Waals surface area contributed by atoms with Crippen LogP contribution in [0.4, 0.5) is 29.2 Å². The van der Waals surface area contributed by atoms with E-state index in [-0.39, 0.29) is 56.7 Å². The summed E-state index contributed by atoms with van der Waals surface area (Å²) >= 11 is 2.84. The molecule has 3 N–H and O–H groups in total. The molecule has 0 saturated heterocycles. The first kappa shape index (κ1) is 38.2. The van der Waals surface area contributed by atoms with E-state index in [1.165, 1.54) is 29.6 Å². The van der Waals surface area contributed by atoms with Gasteiger partial charge in [-0.1, -0.05) is 7.43 Å². The second-order valence-electron chi connectivity index (χ2n) is 12.3. The Bertz CT molecular complexity index is 1710. The first-order valence-corrected chi connectivity index (χ1v) is 17.5. The van der Waals surface area contributed by atoms with E-state index in [4.69, 9.17) is 0 Å². The molecule has 1 unspecified atom stereocenters. The highest BCUT2D eigenvalue weighted by atomic mass is 32.1. The lowest BCUT2D eigenvalue weighted by molar-refractivity contribution is -0.0366. The molecule has 0 amide bonds. The minimum atomic E-state index is -2.57. The first-order valence-electron chi connectivity index (χ1n) is 15.8. The fourth-order valence-electron chi connectivity index (χ4n) is 5.35. The predicted octanol–water partition coefficient (Wildman–Crippen LogP) is 8.69. The van der Waals surface area contributed by atoms with Crippen LogP contribution >= 0.6 is 22.7 Å². The van der Waals surface area contributed by atoms with Crippen molar-refractivity contribution in [2.45, 2.75) is 117 Å². The van der Waals surface area contributed by atoms with Crippen LogP contribution in [0.3, 0.4) is 0 Å². The van der Waals surface area contributed by atoms with Crippen LogP contribution in [0.5, 0.6) is 0 Å². The number of aryl methyl sites for hydroxylation is 2. The maximum atomic E-state index is 13.3. The Morgan fingerprint density at radius 3 is 1.59 bits per heavy atom. The molecule has 0 radical (unpaired) electrons. The van der Waals surface area contributed by atoms with Gasteiger partial charge in [0.2, 0.25) is 11.8 Å². The number of alkyl halides is 4. The minimum Gasteiger partial charge on any atom is -0.387 e. The van der Waals surface area contributed by atoms with Gasteiger partial charge in [-0.3, -0.25) is 4.79 Å². The van der Waals surface area contributed by atoms with Gasteiger partial charge in [-0.25, -0.2) is 47.5 Å². The summed E-state index contributed by atoms with van der Waals surface area (Å²) in [6, 6.07) is 3.11. The maximum Gasteiger partial charge on any atom is 0.248 e. The van der Waals surface area contributed by atoms with Gasteiger partial charge in [0.15, 0.2) is 27.4 Å². The van der Waals surface area contributed by atoms with E-state index in [2.05, 4.69) is 40.5 Å². The Balaban J connectivity index is 0.000000216. The van der Waals surface area contributed by atoms with Gasteiger partial charge in [-0.2, -0.15) is 0 Å². The molecule has 6 rings (SSSR count). The number of hydrogen-bond acceptors (Lipinski definition) is 12. The zero-order chi connectivity index (χ0) is 34.6. The van der Waals surface area contributed by atoms with Crippen molar-refractivity contribution in [3.8, 4) is 21.7 Å². The first-order chi connectivity index (χ1) is 22.6. The van der Waals surface area contributed by atoms with Crippen LogP contribution in [-0.4, -0.2) is 64.7 Å². The van der Waals surface area contributed by atoms with E-state index in [9.17, 15) is 27.5 Å². The molecule has 1 atom stereocenters. The Morgan fingerprint density at radius 1 is 0.776 bits per heavy atom. The third-order valence-electron chi connectivity index (χ3n) is 8.02. The van der Waals surface area contributed by atoms with Gasteiger partial charge in [0, 0.05) is 79.0 Å². The zero-order valence-corrected chi connectivity index (χ0v) is 28.7. The molecule has 4 heterocycles. The van der Waals surface area contributed by atoms with Crippen molar-refractivity contribution in [3.05, 3.63) is 45.7 Å². The molecule has 2 fully saturated rings. The molecule has 10 nitrogen and oxygen atoms in total. The Kier molecular flexibility index (Phi) is 12.4. The van der Waals surface area contributed by atoms with Crippen molar-refractivity contribution in [1.82, 2.24) is 29.9 Å². The number of ketones is 1. The number of nitrogens with zero attached hydrogens (tertiary/aromatic N) is 6. The summed E-state index contributed by atoms with van der Waals surface area (Å²) in [7, 11) is 0. The lowest BCUT2D eigenvalue weighted by atomic mass is 9.92. The van der Waals surface area contributed by atoms with E-state index in [1.54, 1.807) is 19.1 Å². The highest BCUT2D eigenvalue weighted by Crippen LogP contribution is 2.36. The van der Waals surface area contributed by atoms with Crippen molar-refractivity contribution in [2.75, 3.05) is 10.6 Å². The van der Waals surface area contributed by atoms with Crippen molar-refractivity contribution in [3.63, 3.8) is 0 Å². The van der Waals surface area contributed by atoms with Gasteiger partial charge >= 0.3 is 0 Å². The number of aliphatic hydroxyl groups excluding tert-OH is 1. The SMILES string of the molecule is C.CC(=O)c1cc(NC2CCC(F)(F)CC2)nc(-c2nc(C)cs2)n1.Cc1csc(-c2nc(NC3CCC(F)(F)CC3)cc(C(C)O)n2)n1. The molecular weight excluding hydrogens is 681 g/mol. The monoisotopic (exact) mass is 722 g/mol. The van der Waals surface area contributed by atoms with Gasteiger partial charge in [0.1, 0.15) is 17.3 Å². The maximum absolute atomic E-state index is 13.3. The molecular formula is C33H42F4N8O2S2. The lowest BCUT2D eigenvalue weighted by Gasteiger charge is -2.29. The Labute approximate surface area is 291 Å². The van der Waals surface area contributed by atoms with Crippen LogP contribution in [0.15, 0.2) is 22.9 Å². The second kappa shape index (κ2) is 15.9. The molecule has 0 bridgehead atoms. The fraction of sp³-hybridized carbons (Fsp3) is 0.545. The Hall–Kier alpha value is -3.63. The Morgan fingerprint density at radius 2 is 1.20 bits per heavy atom. The molecule has 4 aromatic rings. The van der Waals surface area contributed by atoms with Crippen molar-refractivity contribution >= 4 is 40.1 Å². The average molecular weight is 723 g/mol. The molecule has 2 aliphatic rings. The van der Waals surface area contributed by atoms with Gasteiger partial charge < -0.3 is 15.7 Å². The van der Waals surface area contributed by atoms with Gasteiger partial charge in [0.25, 0.3) is 0 Å². The number of aliphatic hydroxyl groups is 1. The third-order valence-corrected chi connectivity index (χ3v) is 9.93. The summed E-state index contributed by atoms with van der Waals surface area (Å²) in [6.45, 7) is 6.82. The summed E-state index contributed by atoms with van der Waals surface area (Å²) in [5.74, 6) is -3.46. The van der Waals surface area contributed by atoms with E-state index in [1.807, 2.05) is 24.6 Å². The van der Waals surface area contributed by atoms with Gasteiger partial charge in [-0.05, 0) is 46.5 Å². The molecule has 0 aliphatic heterocycles. The standard InChI is InChI=1S/C16H20F2N4OS.C16H18F2N4OS.CH4/c2*1-9-8-24-15(19-9)14-21-12(10(2)23)7-13(22-14)20-11-3-5-16(17,18)6-4-11;/h7-8,10-11,23H,3-6H2,1-2H3,(H,20,21,22);7-8,11H,3-6H2,1-2H3,(H,20,21,22);1H4. The largest absolute Gasteiger partial charge is 0.387 e. The van der Waals surface area contributed by atoms with Crippen LogP contribution in [-0.2, 0) is 0 Å². The molecule has 49 heavy (non-hydrogen) atoms. The number of halogens is 4. The lowest BCUT2D eigenvalue weighted by Crippen LogP contribution is -2.32. The van der Waals surface area contributed by atoms with E-state index >= 15 is 0 Å². The van der Waals surface area contributed by atoms with E-state index < -0.39 is 17.9 Å². The molecule has 4 aromatic heterocycles. The number of nitrogens with one attached hydrogen (secondary N) is 2.